The average molecular weight is 278 g/mol. The Morgan fingerprint density at radius 3 is 2.63 bits per heavy atom. The van der Waals surface area contributed by atoms with E-state index in [1.54, 1.807) is 0 Å². The van der Waals surface area contributed by atoms with Crippen molar-refractivity contribution in [2.75, 3.05) is 13.2 Å². The van der Waals surface area contributed by atoms with Crippen LogP contribution in [0.4, 0.5) is 0 Å². The lowest BCUT2D eigenvalue weighted by molar-refractivity contribution is 0.297. The highest BCUT2D eigenvalue weighted by Gasteiger charge is 2.14. The molecule has 4 heteroatoms. The van der Waals surface area contributed by atoms with E-state index in [1.165, 1.54) is 0 Å². The minimum atomic E-state index is 0.678. The first-order valence-electron chi connectivity index (χ1n) is 6.66. The molecule has 2 heterocycles. The van der Waals surface area contributed by atoms with Gasteiger partial charge in [0.25, 0.3) is 0 Å². The number of rotatable bonds is 2. The summed E-state index contributed by atoms with van der Waals surface area (Å²) in [6, 6.07) is 5.80. The number of aromatic nitrogens is 1. The van der Waals surface area contributed by atoms with Gasteiger partial charge in [-0.25, -0.2) is 0 Å². The molecule has 0 aliphatic carbocycles. The fourth-order valence-electron chi connectivity index (χ4n) is 2.28. The number of pyridine rings is 1. The predicted molar refractivity (Wildman–Crippen MR) is 76.4 cm³/mol. The van der Waals surface area contributed by atoms with Crippen molar-refractivity contribution < 1.29 is 9.47 Å². The van der Waals surface area contributed by atoms with Crippen molar-refractivity contribution in [2.24, 2.45) is 0 Å². The maximum Gasteiger partial charge on any atom is 0.163 e. The molecular formula is C15H16ClNO2. The second kappa shape index (κ2) is 5.25. The third-order valence-corrected chi connectivity index (χ3v) is 3.50. The van der Waals surface area contributed by atoms with Crippen LogP contribution in [-0.2, 0) is 6.42 Å². The van der Waals surface area contributed by atoms with Crippen molar-refractivity contribution in [3.8, 4) is 11.5 Å². The number of nitrogens with zero attached hydrogens (tertiary/aromatic N) is 1. The van der Waals surface area contributed by atoms with E-state index in [2.05, 4.69) is 11.9 Å². The van der Waals surface area contributed by atoms with E-state index < -0.39 is 0 Å². The Hall–Kier alpha value is -1.48. The summed E-state index contributed by atoms with van der Waals surface area (Å²) in [6.45, 7) is 3.49. The van der Waals surface area contributed by atoms with Gasteiger partial charge in [0.2, 0.25) is 0 Å². The van der Waals surface area contributed by atoms with E-state index in [0.29, 0.717) is 13.2 Å². The molecule has 0 fully saturated rings. The van der Waals surface area contributed by atoms with Crippen LogP contribution in [0.1, 0.15) is 25.5 Å². The summed E-state index contributed by atoms with van der Waals surface area (Å²) in [7, 11) is 0. The van der Waals surface area contributed by atoms with Crippen molar-refractivity contribution in [3.05, 3.63) is 28.9 Å². The zero-order valence-electron chi connectivity index (χ0n) is 10.9. The first kappa shape index (κ1) is 12.5. The molecular weight excluding hydrogens is 262 g/mol. The van der Waals surface area contributed by atoms with Crippen LogP contribution < -0.4 is 9.47 Å². The predicted octanol–water partition coefficient (Wildman–Crippen LogP) is 4.00. The van der Waals surface area contributed by atoms with Gasteiger partial charge in [0, 0.05) is 23.6 Å². The quantitative estimate of drug-likeness (QED) is 0.831. The van der Waals surface area contributed by atoms with Crippen LogP contribution >= 0.6 is 11.6 Å². The van der Waals surface area contributed by atoms with Crippen LogP contribution in [-0.4, -0.2) is 18.2 Å². The monoisotopic (exact) mass is 277 g/mol. The van der Waals surface area contributed by atoms with Gasteiger partial charge in [0.15, 0.2) is 11.5 Å². The first-order chi connectivity index (χ1) is 9.28. The average Bonchev–Trinajstić information content (AvgIpc) is 2.62. The molecule has 0 amide bonds. The Balaban J connectivity index is 2.14. The SMILES string of the molecule is CCCc1cc(Cl)c2cc3c(cc2n1)OCCCO3. The normalized spacial score (nSPS) is 14.4. The summed E-state index contributed by atoms with van der Waals surface area (Å²) in [4.78, 5) is 4.64. The molecule has 0 saturated carbocycles. The van der Waals surface area contributed by atoms with Gasteiger partial charge >= 0.3 is 0 Å². The molecule has 1 aromatic heterocycles. The largest absolute Gasteiger partial charge is 0.490 e. The lowest BCUT2D eigenvalue weighted by Gasteiger charge is -2.10. The highest BCUT2D eigenvalue weighted by atomic mass is 35.5. The molecule has 0 N–H and O–H groups in total. The summed E-state index contributed by atoms with van der Waals surface area (Å²) in [5, 5.41) is 1.65. The zero-order chi connectivity index (χ0) is 13.2. The molecule has 0 unspecified atom stereocenters. The van der Waals surface area contributed by atoms with Gasteiger partial charge in [-0.1, -0.05) is 24.9 Å². The van der Waals surface area contributed by atoms with Gasteiger partial charge in [-0.2, -0.15) is 0 Å². The van der Waals surface area contributed by atoms with Crippen molar-refractivity contribution >= 4 is 22.5 Å². The van der Waals surface area contributed by atoms with Crippen LogP contribution in [0.3, 0.4) is 0 Å². The number of fused-ring (bicyclic) bond motifs is 2. The highest BCUT2D eigenvalue weighted by Crippen LogP contribution is 2.36. The summed E-state index contributed by atoms with van der Waals surface area (Å²) >= 11 is 6.34. The molecule has 0 bridgehead atoms. The van der Waals surface area contributed by atoms with Crippen LogP contribution in [0.5, 0.6) is 11.5 Å². The second-order valence-electron chi connectivity index (χ2n) is 4.71. The molecule has 2 aromatic rings. The van der Waals surface area contributed by atoms with Crippen LogP contribution in [0.2, 0.25) is 5.02 Å². The van der Waals surface area contributed by atoms with Gasteiger partial charge in [-0.3, -0.25) is 4.98 Å². The Morgan fingerprint density at radius 1 is 1.16 bits per heavy atom. The van der Waals surface area contributed by atoms with Crippen molar-refractivity contribution in [1.29, 1.82) is 0 Å². The third-order valence-electron chi connectivity index (χ3n) is 3.19. The molecule has 0 spiro atoms. The lowest BCUT2D eigenvalue weighted by atomic mass is 10.1. The fraction of sp³-hybridized carbons (Fsp3) is 0.400. The van der Waals surface area contributed by atoms with E-state index >= 15 is 0 Å². The van der Waals surface area contributed by atoms with Crippen LogP contribution in [0, 0.1) is 0 Å². The number of benzene rings is 1. The molecule has 0 saturated heterocycles. The Bertz CT molecular complexity index is 613. The Labute approximate surface area is 117 Å². The van der Waals surface area contributed by atoms with E-state index in [-0.39, 0.29) is 0 Å². The number of halogens is 1. The summed E-state index contributed by atoms with van der Waals surface area (Å²) in [5.74, 6) is 1.53. The van der Waals surface area contributed by atoms with Gasteiger partial charge in [-0.05, 0) is 18.6 Å². The van der Waals surface area contributed by atoms with Gasteiger partial charge in [0.05, 0.1) is 23.8 Å². The Morgan fingerprint density at radius 2 is 1.89 bits per heavy atom. The van der Waals surface area contributed by atoms with Gasteiger partial charge in [-0.15, -0.1) is 0 Å². The highest BCUT2D eigenvalue weighted by molar-refractivity contribution is 6.35. The minimum Gasteiger partial charge on any atom is -0.490 e. The molecule has 0 atom stereocenters. The first-order valence-corrected chi connectivity index (χ1v) is 7.04. The maximum absolute atomic E-state index is 6.34. The fourth-order valence-corrected chi connectivity index (χ4v) is 2.55. The minimum absolute atomic E-state index is 0.678. The second-order valence-corrected chi connectivity index (χ2v) is 5.12. The van der Waals surface area contributed by atoms with Crippen molar-refractivity contribution in [2.45, 2.75) is 26.2 Å². The molecule has 0 radical (unpaired) electrons. The van der Waals surface area contributed by atoms with E-state index in [0.717, 1.165) is 52.4 Å². The molecule has 3 rings (SSSR count). The molecule has 1 aliphatic rings. The topological polar surface area (TPSA) is 31.4 Å². The standard InChI is InChI=1S/C15H16ClNO2/c1-2-4-10-7-12(16)11-8-14-15(9-13(11)17-10)19-6-3-5-18-14/h7-9H,2-6H2,1H3. The van der Waals surface area contributed by atoms with E-state index in [1.807, 2.05) is 18.2 Å². The van der Waals surface area contributed by atoms with Crippen LogP contribution in [0.15, 0.2) is 18.2 Å². The maximum atomic E-state index is 6.34. The number of hydrogen-bond donors (Lipinski definition) is 0. The van der Waals surface area contributed by atoms with Crippen LogP contribution in [0.25, 0.3) is 10.9 Å². The van der Waals surface area contributed by atoms with Gasteiger partial charge < -0.3 is 9.47 Å². The summed E-state index contributed by atoms with van der Waals surface area (Å²) in [5.41, 5.74) is 1.90. The lowest BCUT2D eigenvalue weighted by Crippen LogP contribution is -1.97. The van der Waals surface area contributed by atoms with Crippen molar-refractivity contribution in [1.82, 2.24) is 4.98 Å². The number of ether oxygens (including phenoxy) is 2. The van der Waals surface area contributed by atoms with Crippen molar-refractivity contribution in [3.63, 3.8) is 0 Å². The third kappa shape index (κ3) is 2.47. The zero-order valence-corrected chi connectivity index (χ0v) is 11.7. The molecule has 1 aromatic carbocycles. The summed E-state index contributed by atoms with van der Waals surface area (Å²) < 4.78 is 11.4. The summed E-state index contributed by atoms with van der Waals surface area (Å²) in [6.07, 6.45) is 2.89. The molecule has 19 heavy (non-hydrogen) atoms. The molecule has 100 valence electrons. The Kier molecular flexibility index (Phi) is 3.47. The van der Waals surface area contributed by atoms with E-state index in [4.69, 9.17) is 21.1 Å². The number of hydrogen-bond acceptors (Lipinski definition) is 3. The van der Waals surface area contributed by atoms with E-state index in [9.17, 15) is 0 Å². The molecule has 1 aliphatic heterocycles. The smallest absolute Gasteiger partial charge is 0.163 e. The molecule has 3 nitrogen and oxygen atoms in total. The van der Waals surface area contributed by atoms with Gasteiger partial charge in [0.1, 0.15) is 0 Å². The number of aryl methyl sites for hydroxylation is 1.